The van der Waals surface area contributed by atoms with E-state index in [9.17, 15) is 0 Å². The average Bonchev–Trinajstić information content (AvgIpc) is 1.31. The summed E-state index contributed by atoms with van der Waals surface area (Å²) in [6.07, 6.45) is 0. The molecule has 0 aliphatic heterocycles. The molecule has 0 aromatic heterocycles. The van der Waals surface area contributed by atoms with Crippen LogP contribution in [0.5, 0.6) is 0 Å². The number of aliphatic hydroxyl groups excluding tert-OH is 1. The fourth-order valence-corrected chi connectivity index (χ4v) is 0. The maximum atomic E-state index is 8.67. The van der Waals surface area contributed by atoms with Crippen molar-refractivity contribution in [3.05, 3.63) is 12.3 Å². The van der Waals surface area contributed by atoms with E-state index in [1.165, 1.54) is 0 Å². The molecule has 0 aliphatic rings. The molecule has 7 heavy (non-hydrogen) atoms. The quantitative estimate of drug-likeness (QED) is 0.410. The largest absolute Gasteiger partial charge is 0.512 e. The van der Waals surface area contributed by atoms with Crippen LogP contribution in [0.4, 0.5) is 0 Å². The van der Waals surface area contributed by atoms with Gasteiger partial charge in [0.25, 0.3) is 0 Å². The SMILES string of the molecule is C=C(O)C(C)(C)P. The minimum Gasteiger partial charge on any atom is -0.512 e. The van der Waals surface area contributed by atoms with Crippen LogP contribution in [0.25, 0.3) is 0 Å². The Morgan fingerprint density at radius 3 is 1.86 bits per heavy atom. The van der Waals surface area contributed by atoms with Crippen molar-refractivity contribution < 1.29 is 5.11 Å². The van der Waals surface area contributed by atoms with E-state index < -0.39 is 0 Å². The summed E-state index contributed by atoms with van der Waals surface area (Å²) in [7, 11) is 2.48. The van der Waals surface area contributed by atoms with Crippen LogP contribution < -0.4 is 0 Å². The summed E-state index contributed by atoms with van der Waals surface area (Å²) in [4.78, 5) is 0. The molecule has 0 rings (SSSR count). The van der Waals surface area contributed by atoms with Gasteiger partial charge in [-0.25, -0.2) is 0 Å². The van der Waals surface area contributed by atoms with Crippen molar-refractivity contribution >= 4 is 9.24 Å². The van der Waals surface area contributed by atoms with Gasteiger partial charge in [-0.15, -0.1) is 9.24 Å². The summed E-state index contributed by atoms with van der Waals surface area (Å²) in [5.74, 6) is 0.206. The molecule has 0 amide bonds. The second-order valence-electron chi connectivity index (χ2n) is 2.17. The van der Waals surface area contributed by atoms with Crippen molar-refractivity contribution in [3.63, 3.8) is 0 Å². The van der Waals surface area contributed by atoms with E-state index in [1.807, 2.05) is 13.8 Å². The molecule has 42 valence electrons. The van der Waals surface area contributed by atoms with Crippen molar-refractivity contribution in [3.8, 4) is 0 Å². The van der Waals surface area contributed by atoms with E-state index in [2.05, 4.69) is 15.8 Å². The Hall–Kier alpha value is -0.0300. The van der Waals surface area contributed by atoms with Crippen LogP contribution in [0.15, 0.2) is 12.3 Å². The van der Waals surface area contributed by atoms with Crippen molar-refractivity contribution in [2.45, 2.75) is 19.0 Å². The number of rotatable bonds is 1. The highest BCUT2D eigenvalue weighted by Gasteiger charge is 2.12. The summed E-state index contributed by atoms with van der Waals surface area (Å²) < 4.78 is 0. The van der Waals surface area contributed by atoms with E-state index in [0.717, 1.165) is 0 Å². The van der Waals surface area contributed by atoms with E-state index in [0.29, 0.717) is 0 Å². The van der Waals surface area contributed by atoms with Gasteiger partial charge in [0.05, 0.1) is 5.76 Å². The van der Waals surface area contributed by atoms with Gasteiger partial charge in [0.2, 0.25) is 0 Å². The second-order valence-corrected chi connectivity index (χ2v) is 3.61. The van der Waals surface area contributed by atoms with Crippen LogP contribution in [0, 0.1) is 0 Å². The van der Waals surface area contributed by atoms with Crippen LogP contribution in [-0.4, -0.2) is 10.3 Å². The van der Waals surface area contributed by atoms with Gasteiger partial charge in [-0.2, -0.15) is 0 Å². The van der Waals surface area contributed by atoms with E-state index in [1.54, 1.807) is 0 Å². The molecule has 0 aliphatic carbocycles. The number of allylic oxidation sites excluding steroid dienone is 1. The minimum absolute atomic E-state index is 0.206. The molecule has 0 radical (unpaired) electrons. The Bertz CT molecular complexity index is 80.6. The fourth-order valence-electron chi connectivity index (χ4n) is 0. The van der Waals surface area contributed by atoms with Crippen molar-refractivity contribution in [1.82, 2.24) is 0 Å². The molecule has 0 heterocycles. The summed E-state index contributed by atoms with van der Waals surface area (Å²) in [5.41, 5.74) is 0. The summed E-state index contributed by atoms with van der Waals surface area (Å²) in [6.45, 7) is 7.11. The van der Waals surface area contributed by atoms with Crippen molar-refractivity contribution in [1.29, 1.82) is 0 Å². The molecule has 1 atom stereocenters. The summed E-state index contributed by atoms with van der Waals surface area (Å²) in [5, 5.41) is 8.45. The molecule has 0 saturated heterocycles. The van der Waals surface area contributed by atoms with Gasteiger partial charge in [0.15, 0.2) is 0 Å². The van der Waals surface area contributed by atoms with E-state index in [-0.39, 0.29) is 10.9 Å². The summed E-state index contributed by atoms with van der Waals surface area (Å²) in [6, 6.07) is 0. The predicted molar refractivity (Wildman–Crippen MR) is 35.6 cm³/mol. The van der Waals surface area contributed by atoms with Gasteiger partial charge < -0.3 is 5.11 Å². The maximum Gasteiger partial charge on any atom is 0.0944 e. The number of hydrogen-bond acceptors (Lipinski definition) is 1. The third-order valence-corrected chi connectivity index (χ3v) is 1.08. The Labute approximate surface area is 46.6 Å². The maximum absolute atomic E-state index is 8.67. The third-order valence-electron chi connectivity index (χ3n) is 0.744. The Morgan fingerprint density at radius 2 is 1.86 bits per heavy atom. The van der Waals surface area contributed by atoms with Crippen LogP contribution in [-0.2, 0) is 0 Å². The van der Waals surface area contributed by atoms with Gasteiger partial charge in [-0.05, 0) is 13.8 Å². The van der Waals surface area contributed by atoms with E-state index in [4.69, 9.17) is 5.11 Å². The molecule has 1 N–H and O–H groups in total. The average molecular weight is 118 g/mol. The molecular formula is C5H11OP. The molecule has 0 fully saturated rings. The Balaban J connectivity index is 3.79. The number of hydrogen-bond donors (Lipinski definition) is 1. The van der Waals surface area contributed by atoms with Gasteiger partial charge in [0.1, 0.15) is 0 Å². The molecule has 0 bridgehead atoms. The zero-order valence-corrected chi connectivity index (χ0v) is 5.89. The first-order chi connectivity index (χ1) is 2.94. The number of aliphatic hydroxyl groups is 1. The van der Waals surface area contributed by atoms with Crippen LogP contribution in [0.2, 0.25) is 0 Å². The fraction of sp³-hybridized carbons (Fsp3) is 0.600. The first-order valence-corrected chi connectivity index (χ1v) is 2.69. The molecular weight excluding hydrogens is 107 g/mol. The van der Waals surface area contributed by atoms with Crippen LogP contribution in [0.1, 0.15) is 13.8 Å². The third kappa shape index (κ3) is 2.64. The first-order valence-electron chi connectivity index (χ1n) is 2.12. The lowest BCUT2D eigenvalue weighted by molar-refractivity contribution is 0.369. The molecule has 0 aromatic carbocycles. The molecule has 0 spiro atoms. The van der Waals surface area contributed by atoms with Gasteiger partial charge in [-0.3, -0.25) is 0 Å². The highest BCUT2D eigenvalue weighted by molar-refractivity contribution is 7.19. The topological polar surface area (TPSA) is 20.2 Å². The highest BCUT2D eigenvalue weighted by atomic mass is 31.0. The Morgan fingerprint density at radius 1 is 1.71 bits per heavy atom. The lowest BCUT2D eigenvalue weighted by atomic mass is 10.2. The zero-order valence-electron chi connectivity index (χ0n) is 4.73. The molecule has 0 aromatic rings. The van der Waals surface area contributed by atoms with E-state index >= 15 is 0 Å². The smallest absolute Gasteiger partial charge is 0.0944 e. The highest BCUT2D eigenvalue weighted by Crippen LogP contribution is 2.21. The normalized spacial score (nSPS) is 11.3. The molecule has 1 nitrogen and oxygen atoms in total. The minimum atomic E-state index is -0.222. The van der Waals surface area contributed by atoms with Gasteiger partial charge >= 0.3 is 0 Å². The molecule has 1 unspecified atom stereocenters. The van der Waals surface area contributed by atoms with Gasteiger partial charge in [0, 0.05) is 5.16 Å². The van der Waals surface area contributed by atoms with Crippen molar-refractivity contribution in [2.75, 3.05) is 0 Å². The lowest BCUT2D eigenvalue weighted by Gasteiger charge is -2.14. The summed E-state index contributed by atoms with van der Waals surface area (Å²) >= 11 is 0. The van der Waals surface area contributed by atoms with Crippen molar-refractivity contribution in [2.24, 2.45) is 0 Å². The first kappa shape index (κ1) is 6.97. The standard InChI is InChI=1S/C5H11OP/c1-4(6)5(2,3)7/h6H,1,7H2,2-3H3. The Kier molecular flexibility index (Phi) is 1.82. The van der Waals surface area contributed by atoms with Crippen LogP contribution >= 0.6 is 9.24 Å². The predicted octanol–water partition coefficient (Wildman–Crippen LogP) is 1.71. The monoisotopic (exact) mass is 118 g/mol. The lowest BCUT2D eigenvalue weighted by Crippen LogP contribution is -2.10. The molecule has 0 saturated carbocycles. The van der Waals surface area contributed by atoms with Crippen LogP contribution in [0.3, 0.4) is 0 Å². The zero-order chi connectivity index (χ0) is 6.08. The molecule has 2 heteroatoms. The van der Waals surface area contributed by atoms with Gasteiger partial charge in [-0.1, -0.05) is 6.58 Å². The second kappa shape index (κ2) is 1.83.